The van der Waals surface area contributed by atoms with E-state index < -0.39 is 91.9 Å². The van der Waals surface area contributed by atoms with Crippen LogP contribution in [0, 0.1) is 0 Å². The first kappa shape index (κ1) is 42.4. The average Bonchev–Trinajstić information content (AvgIpc) is 3.04. The minimum atomic E-state index is -1.60. The minimum absolute atomic E-state index is 0.443. The van der Waals surface area contributed by atoms with Crippen molar-refractivity contribution in [3.8, 4) is 5.75 Å². The van der Waals surface area contributed by atoms with E-state index in [1.54, 1.807) is 12.2 Å². The lowest BCUT2D eigenvalue weighted by Gasteiger charge is -2.45. The molecule has 1 aliphatic rings. The molecule has 1 heterocycles. The zero-order valence-electron chi connectivity index (χ0n) is 30.0. The normalized spacial score (nSPS) is 21.3. The van der Waals surface area contributed by atoms with Crippen LogP contribution in [-0.4, -0.2) is 98.6 Å². The van der Waals surface area contributed by atoms with Crippen LogP contribution in [-0.2, 0) is 73.1 Å². The second kappa shape index (κ2) is 22.1. The summed E-state index contributed by atoms with van der Waals surface area (Å²) in [5, 5.41) is 0. The third-order valence-electron chi connectivity index (χ3n) is 6.99. The van der Waals surface area contributed by atoms with E-state index in [-0.39, 0.29) is 0 Å². The third kappa shape index (κ3) is 15.8. The van der Waals surface area contributed by atoms with Crippen LogP contribution < -0.4 is 4.74 Å². The SMILES string of the molecule is CCCCOc1ccccc1C/C=C/C=C/[C@H](O[C@@H]1O[C@H](COC(C)=O)[C@H](OC(C)=O)[C@H](OC(C)=O)[C@H]1OC(C)=O)[C@@H](COC(C)=O)OC(C)=O. The lowest BCUT2D eigenvalue weighted by molar-refractivity contribution is -0.318. The molecule has 0 spiro atoms. The van der Waals surface area contributed by atoms with Crippen molar-refractivity contribution in [2.75, 3.05) is 19.8 Å². The van der Waals surface area contributed by atoms with Gasteiger partial charge in [0.15, 0.2) is 30.7 Å². The van der Waals surface area contributed by atoms with Gasteiger partial charge in [0.2, 0.25) is 0 Å². The molecule has 0 aromatic heterocycles. The van der Waals surface area contributed by atoms with Gasteiger partial charge in [-0.3, -0.25) is 28.8 Å². The molecule has 1 saturated heterocycles. The van der Waals surface area contributed by atoms with Crippen molar-refractivity contribution >= 4 is 35.8 Å². The molecule has 15 heteroatoms. The number of rotatable bonds is 19. The van der Waals surface area contributed by atoms with Crippen molar-refractivity contribution < 1.29 is 71.4 Å². The molecule has 0 amide bonds. The van der Waals surface area contributed by atoms with Gasteiger partial charge in [0, 0.05) is 41.5 Å². The predicted molar refractivity (Wildman–Crippen MR) is 178 cm³/mol. The number of para-hydroxylation sites is 1. The summed E-state index contributed by atoms with van der Waals surface area (Å²) >= 11 is 0. The van der Waals surface area contributed by atoms with E-state index in [0.29, 0.717) is 13.0 Å². The maximum atomic E-state index is 12.3. The Hall–Kier alpha value is -4.76. The number of ether oxygens (including phenoxy) is 9. The van der Waals surface area contributed by atoms with Crippen molar-refractivity contribution in [2.24, 2.45) is 0 Å². The summed E-state index contributed by atoms with van der Waals surface area (Å²) in [4.78, 5) is 72.3. The van der Waals surface area contributed by atoms with Crippen molar-refractivity contribution in [1.82, 2.24) is 0 Å². The maximum absolute atomic E-state index is 12.3. The van der Waals surface area contributed by atoms with E-state index in [4.69, 9.17) is 42.6 Å². The number of carbonyl (C=O) groups is 6. The summed E-state index contributed by atoms with van der Waals surface area (Å²) in [7, 11) is 0. The topological polar surface area (TPSA) is 185 Å². The van der Waals surface area contributed by atoms with Crippen molar-refractivity contribution in [2.45, 2.75) is 111 Å². The summed E-state index contributed by atoms with van der Waals surface area (Å²) in [5.41, 5.74) is 0.955. The number of esters is 6. The quantitative estimate of drug-likeness (QED) is 0.0875. The first-order chi connectivity index (χ1) is 24.2. The highest BCUT2D eigenvalue weighted by Crippen LogP contribution is 2.31. The zero-order chi connectivity index (χ0) is 37.9. The molecule has 0 aliphatic carbocycles. The van der Waals surface area contributed by atoms with E-state index in [1.165, 1.54) is 13.0 Å². The zero-order valence-corrected chi connectivity index (χ0v) is 30.0. The van der Waals surface area contributed by atoms with Crippen LogP contribution in [0.2, 0.25) is 0 Å². The first-order valence-electron chi connectivity index (χ1n) is 16.5. The second-order valence-corrected chi connectivity index (χ2v) is 11.4. The molecule has 0 radical (unpaired) electrons. The van der Waals surface area contributed by atoms with Gasteiger partial charge in [-0.25, -0.2) is 0 Å². The lowest BCUT2D eigenvalue weighted by atomic mass is 9.98. The summed E-state index contributed by atoms with van der Waals surface area (Å²) < 4.78 is 50.4. The Balaban J connectivity index is 2.53. The Labute approximate surface area is 297 Å². The van der Waals surface area contributed by atoms with E-state index in [9.17, 15) is 28.8 Å². The molecule has 0 N–H and O–H groups in total. The van der Waals surface area contributed by atoms with Gasteiger partial charge in [-0.2, -0.15) is 0 Å². The molecule has 1 fully saturated rings. The molecule has 15 nitrogen and oxygen atoms in total. The fourth-order valence-electron chi connectivity index (χ4n) is 4.91. The largest absolute Gasteiger partial charge is 0.493 e. The molecule has 1 aliphatic heterocycles. The van der Waals surface area contributed by atoms with Crippen molar-refractivity contribution in [3.63, 3.8) is 0 Å². The molecule has 282 valence electrons. The number of carbonyl (C=O) groups excluding carboxylic acids is 6. The Morgan fingerprint density at radius 1 is 0.765 bits per heavy atom. The number of allylic oxidation sites excluding steroid dienone is 3. The van der Waals surface area contributed by atoms with Gasteiger partial charge in [0.1, 0.15) is 31.2 Å². The molecule has 0 saturated carbocycles. The van der Waals surface area contributed by atoms with Crippen molar-refractivity contribution in [3.05, 3.63) is 54.1 Å². The van der Waals surface area contributed by atoms with Gasteiger partial charge in [0.05, 0.1) is 6.61 Å². The highest BCUT2D eigenvalue weighted by Gasteiger charge is 2.53. The second-order valence-electron chi connectivity index (χ2n) is 11.4. The molecule has 1 aromatic rings. The molecule has 0 bridgehead atoms. The molecule has 1 aromatic carbocycles. The van der Waals surface area contributed by atoms with E-state index >= 15 is 0 Å². The maximum Gasteiger partial charge on any atom is 0.303 e. The van der Waals surface area contributed by atoms with E-state index in [0.717, 1.165) is 58.8 Å². The minimum Gasteiger partial charge on any atom is -0.493 e. The number of hydrogen-bond donors (Lipinski definition) is 0. The predicted octanol–water partition coefficient (Wildman–Crippen LogP) is 3.48. The van der Waals surface area contributed by atoms with Gasteiger partial charge < -0.3 is 42.6 Å². The Morgan fingerprint density at radius 3 is 2.00 bits per heavy atom. The van der Waals surface area contributed by atoms with Crippen LogP contribution in [0.1, 0.15) is 66.9 Å². The summed E-state index contributed by atoms with van der Waals surface area (Å²) in [6, 6.07) is 7.64. The highest BCUT2D eigenvalue weighted by atomic mass is 16.7. The third-order valence-corrected chi connectivity index (χ3v) is 6.99. The summed E-state index contributed by atoms with van der Waals surface area (Å²) in [6.45, 7) is 8.49. The van der Waals surface area contributed by atoms with Crippen LogP contribution in [0.3, 0.4) is 0 Å². The number of hydrogen-bond acceptors (Lipinski definition) is 15. The average molecular weight is 721 g/mol. The Morgan fingerprint density at radius 2 is 1.39 bits per heavy atom. The molecule has 7 atom stereocenters. The molecule has 51 heavy (non-hydrogen) atoms. The van der Waals surface area contributed by atoms with Gasteiger partial charge >= 0.3 is 35.8 Å². The van der Waals surface area contributed by atoms with Crippen LogP contribution in [0.4, 0.5) is 0 Å². The standard InChI is InChI=1S/C36H48O15/c1-8-9-19-43-29-17-14-13-16-28(29)15-11-10-12-18-30(31(46-24(4)39)20-44-22(2)37)50-36-35(49-27(7)42)34(48-26(6)41)33(47-25(5)40)32(51-36)21-45-23(3)38/h10-14,16-18,30-36H,8-9,15,19-21H2,1-7H3/b11-10+,18-12+/t30-,31+,32+,33-,34-,35+,36+/m0/s1. The van der Waals surface area contributed by atoms with E-state index in [2.05, 4.69) is 6.92 Å². The van der Waals surface area contributed by atoms with Gasteiger partial charge in [-0.05, 0) is 24.5 Å². The molecular weight excluding hydrogens is 672 g/mol. The van der Waals surface area contributed by atoms with Gasteiger partial charge in [-0.1, -0.05) is 55.8 Å². The highest BCUT2D eigenvalue weighted by molar-refractivity contribution is 5.69. The van der Waals surface area contributed by atoms with Crippen LogP contribution in [0.15, 0.2) is 48.6 Å². The Bertz CT molecular complexity index is 1390. The molecule has 2 rings (SSSR count). The number of benzene rings is 1. The fourth-order valence-corrected chi connectivity index (χ4v) is 4.91. The Kier molecular flexibility index (Phi) is 18.4. The van der Waals surface area contributed by atoms with Crippen LogP contribution in [0.5, 0.6) is 5.75 Å². The van der Waals surface area contributed by atoms with Crippen LogP contribution in [0.25, 0.3) is 0 Å². The summed E-state index contributed by atoms with van der Waals surface area (Å²) in [5.74, 6) is -3.78. The van der Waals surface area contributed by atoms with E-state index in [1.807, 2.05) is 30.3 Å². The molecule has 0 unspecified atom stereocenters. The monoisotopic (exact) mass is 720 g/mol. The fraction of sp³-hybridized carbons (Fsp3) is 0.556. The first-order valence-corrected chi connectivity index (χ1v) is 16.5. The lowest BCUT2D eigenvalue weighted by Crippen LogP contribution is -2.63. The van der Waals surface area contributed by atoms with Crippen LogP contribution >= 0.6 is 0 Å². The van der Waals surface area contributed by atoms with Gasteiger partial charge in [-0.15, -0.1) is 0 Å². The number of unbranched alkanes of at least 4 members (excludes halogenated alkanes) is 1. The smallest absolute Gasteiger partial charge is 0.303 e. The van der Waals surface area contributed by atoms with Gasteiger partial charge in [0.25, 0.3) is 0 Å². The van der Waals surface area contributed by atoms with Crippen molar-refractivity contribution in [1.29, 1.82) is 0 Å². The summed E-state index contributed by atoms with van der Waals surface area (Å²) in [6.07, 6.45) is -0.763. The molecular formula is C36H48O15.